The van der Waals surface area contributed by atoms with Gasteiger partial charge in [0.05, 0.1) is 0 Å². The highest BCUT2D eigenvalue weighted by Crippen LogP contribution is 2.17. The minimum atomic E-state index is -0.774. The molecule has 0 N–H and O–H groups in total. The van der Waals surface area contributed by atoms with Gasteiger partial charge in [-0.15, -0.1) is 0 Å². The highest BCUT2D eigenvalue weighted by Gasteiger charge is 2.19. The van der Waals surface area contributed by atoms with Crippen molar-refractivity contribution in [2.75, 3.05) is 13.2 Å². The Hall–Kier alpha value is -2.37. The van der Waals surface area contributed by atoms with Crippen molar-refractivity contribution in [3.63, 3.8) is 0 Å². The fraction of sp³-hybridized carbons (Fsp3) is 0.859. The Kier molecular flexibility index (Phi) is 57.2. The van der Waals surface area contributed by atoms with E-state index in [1.54, 1.807) is 0 Å². The van der Waals surface area contributed by atoms with Crippen molar-refractivity contribution >= 4 is 17.9 Å². The molecular weight excluding hydrogens is 865 g/mol. The van der Waals surface area contributed by atoms with Gasteiger partial charge >= 0.3 is 17.9 Å². The first-order valence-corrected chi connectivity index (χ1v) is 31.0. The van der Waals surface area contributed by atoms with Crippen LogP contribution in [-0.2, 0) is 28.6 Å². The van der Waals surface area contributed by atoms with Crippen molar-refractivity contribution in [3.05, 3.63) is 36.5 Å². The highest BCUT2D eigenvalue weighted by atomic mass is 16.6. The summed E-state index contributed by atoms with van der Waals surface area (Å²) >= 11 is 0. The lowest BCUT2D eigenvalue weighted by molar-refractivity contribution is -0.167. The Morgan fingerprint density at radius 3 is 0.829 bits per heavy atom. The van der Waals surface area contributed by atoms with Gasteiger partial charge in [0.15, 0.2) is 6.10 Å². The highest BCUT2D eigenvalue weighted by molar-refractivity contribution is 5.71. The Bertz CT molecular complexity index is 1170. The topological polar surface area (TPSA) is 78.9 Å². The molecule has 0 amide bonds. The molecule has 0 aromatic heterocycles. The van der Waals surface area contributed by atoms with Crippen LogP contribution in [0.2, 0.25) is 0 Å². The van der Waals surface area contributed by atoms with E-state index in [4.69, 9.17) is 14.2 Å². The van der Waals surface area contributed by atoms with Gasteiger partial charge in [-0.1, -0.05) is 295 Å². The third-order valence-electron chi connectivity index (χ3n) is 13.9. The molecular formula is C64H118O6. The molecule has 0 unspecified atom stereocenters. The summed E-state index contributed by atoms with van der Waals surface area (Å²) in [6.45, 7) is 6.66. The SMILES string of the molecule is CCCCC/C=C\C/C=C\C/C=C\CCCCCCCCC(=O)OC[C@@H](COC(=O)CCCCCCCCCCCCCCCCCC)OC(=O)CCCCCCCCCCCCCCCCCCC. The lowest BCUT2D eigenvalue weighted by Crippen LogP contribution is -2.30. The maximum absolute atomic E-state index is 12.9. The van der Waals surface area contributed by atoms with Crippen LogP contribution in [0.5, 0.6) is 0 Å². The fourth-order valence-corrected chi connectivity index (χ4v) is 9.22. The summed E-state index contributed by atoms with van der Waals surface area (Å²) in [7, 11) is 0. The van der Waals surface area contributed by atoms with Gasteiger partial charge < -0.3 is 14.2 Å². The molecule has 6 nitrogen and oxygen atoms in total. The second-order valence-corrected chi connectivity index (χ2v) is 21.0. The van der Waals surface area contributed by atoms with E-state index < -0.39 is 6.10 Å². The molecule has 0 saturated carbocycles. The number of unbranched alkanes of at least 4 members (excludes halogenated alkanes) is 40. The van der Waals surface area contributed by atoms with Crippen LogP contribution in [-0.4, -0.2) is 37.2 Å². The van der Waals surface area contributed by atoms with Crippen molar-refractivity contribution in [2.24, 2.45) is 0 Å². The maximum atomic E-state index is 12.9. The van der Waals surface area contributed by atoms with Crippen LogP contribution in [0.25, 0.3) is 0 Å². The van der Waals surface area contributed by atoms with Gasteiger partial charge in [0.25, 0.3) is 0 Å². The zero-order chi connectivity index (χ0) is 50.7. The van der Waals surface area contributed by atoms with Crippen LogP contribution < -0.4 is 0 Å². The summed E-state index contributed by atoms with van der Waals surface area (Å²) in [5.41, 5.74) is 0. The average molecular weight is 984 g/mol. The fourth-order valence-electron chi connectivity index (χ4n) is 9.22. The molecule has 0 rings (SSSR count). The zero-order valence-electron chi connectivity index (χ0n) is 47.1. The quantitative estimate of drug-likeness (QED) is 0.0261. The number of rotatable bonds is 57. The van der Waals surface area contributed by atoms with Crippen LogP contribution in [0, 0.1) is 0 Å². The second-order valence-electron chi connectivity index (χ2n) is 21.0. The molecule has 70 heavy (non-hydrogen) atoms. The molecule has 0 aliphatic heterocycles. The molecule has 0 bridgehead atoms. The van der Waals surface area contributed by atoms with Gasteiger partial charge in [-0.25, -0.2) is 0 Å². The third kappa shape index (κ3) is 56.5. The monoisotopic (exact) mass is 983 g/mol. The average Bonchev–Trinajstić information content (AvgIpc) is 3.36. The predicted octanol–water partition coefficient (Wildman–Crippen LogP) is 20.8. The van der Waals surface area contributed by atoms with Gasteiger partial charge in [-0.3, -0.25) is 14.4 Å². The summed E-state index contributed by atoms with van der Waals surface area (Å²) in [6, 6.07) is 0. The van der Waals surface area contributed by atoms with E-state index in [9.17, 15) is 14.4 Å². The lowest BCUT2D eigenvalue weighted by Gasteiger charge is -2.18. The molecule has 0 radical (unpaired) electrons. The number of hydrogen-bond acceptors (Lipinski definition) is 6. The first-order chi connectivity index (χ1) is 34.5. The van der Waals surface area contributed by atoms with E-state index in [0.29, 0.717) is 19.3 Å². The van der Waals surface area contributed by atoms with Crippen molar-refractivity contribution in [1.29, 1.82) is 0 Å². The lowest BCUT2D eigenvalue weighted by atomic mass is 10.0. The Labute approximate surface area is 435 Å². The molecule has 410 valence electrons. The van der Waals surface area contributed by atoms with E-state index in [-0.39, 0.29) is 31.1 Å². The van der Waals surface area contributed by atoms with Crippen molar-refractivity contribution in [1.82, 2.24) is 0 Å². The molecule has 0 fully saturated rings. The summed E-state index contributed by atoms with van der Waals surface area (Å²) in [6.07, 6.45) is 71.3. The Morgan fingerprint density at radius 1 is 0.286 bits per heavy atom. The Morgan fingerprint density at radius 2 is 0.514 bits per heavy atom. The predicted molar refractivity (Wildman–Crippen MR) is 302 cm³/mol. The van der Waals surface area contributed by atoms with Crippen LogP contribution in [0.15, 0.2) is 36.5 Å². The first-order valence-electron chi connectivity index (χ1n) is 31.0. The van der Waals surface area contributed by atoms with E-state index in [1.165, 1.54) is 218 Å². The first kappa shape index (κ1) is 67.6. The molecule has 0 heterocycles. The van der Waals surface area contributed by atoms with Gasteiger partial charge in [-0.05, 0) is 57.8 Å². The third-order valence-corrected chi connectivity index (χ3v) is 13.9. The van der Waals surface area contributed by atoms with E-state index >= 15 is 0 Å². The van der Waals surface area contributed by atoms with Crippen molar-refractivity contribution in [3.8, 4) is 0 Å². The van der Waals surface area contributed by atoms with Crippen LogP contribution >= 0.6 is 0 Å². The zero-order valence-corrected chi connectivity index (χ0v) is 47.1. The largest absolute Gasteiger partial charge is 0.462 e. The molecule has 0 aliphatic rings. The molecule has 6 heteroatoms. The van der Waals surface area contributed by atoms with Gasteiger partial charge in [0.2, 0.25) is 0 Å². The number of ether oxygens (including phenoxy) is 3. The normalized spacial score (nSPS) is 12.2. The smallest absolute Gasteiger partial charge is 0.306 e. The van der Waals surface area contributed by atoms with Crippen molar-refractivity contribution < 1.29 is 28.6 Å². The van der Waals surface area contributed by atoms with Crippen LogP contribution in [0.4, 0.5) is 0 Å². The second kappa shape index (κ2) is 59.2. The number of allylic oxidation sites excluding steroid dienone is 6. The van der Waals surface area contributed by atoms with Gasteiger partial charge in [0, 0.05) is 19.3 Å². The summed E-state index contributed by atoms with van der Waals surface area (Å²) in [4.78, 5) is 38.3. The Balaban J connectivity index is 4.35. The maximum Gasteiger partial charge on any atom is 0.306 e. The number of hydrogen-bond donors (Lipinski definition) is 0. The van der Waals surface area contributed by atoms with Crippen LogP contribution in [0.3, 0.4) is 0 Å². The van der Waals surface area contributed by atoms with E-state index in [2.05, 4.69) is 57.2 Å². The number of carbonyl (C=O) groups excluding carboxylic acids is 3. The summed E-state index contributed by atoms with van der Waals surface area (Å²) in [5.74, 6) is -0.860. The molecule has 1 atom stereocenters. The molecule has 0 aliphatic carbocycles. The minimum Gasteiger partial charge on any atom is -0.462 e. The van der Waals surface area contributed by atoms with Gasteiger partial charge in [0.1, 0.15) is 13.2 Å². The summed E-state index contributed by atoms with van der Waals surface area (Å²) < 4.78 is 16.9. The standard InChI is InChI=1S/C64H118O6/c1-4-7-10-13-16-19-22-25-28-31-32-34-36-39-42-45-48-51-54-57-63(66)69-60-61(59-68-62(65)56-53-50-47-44-41-38-35-30-27-24-21-18-15-12-9-6-3)70-64(67)58-55-52-49-46-43-40-37-33-29-26-23-20-17-14-11-8-5-2/h16,19,25,28,32,34,61H,4-15,17-18,20-24,26-27,29-31,33,35-60H2,1-3H3/b19-16-,28-25-,34-32-/t61-/m1/s1. The van der Waals surface area contributed by atoms with Crippen molar-refractivity contribution in [2.45, 2.75) is 341 Å². The van der Waals surface area contributed by atoms with E-state index in [0.717, 1.165) is 77.0 Å². The number of esters is 3. The molecule has 0 spiro atoms. The van der Waals surface area contributed by atoms with E-state index in [1.807, 2.05) is 0 Å². The van der Waals surface area contributed by atoms with Crippen LogP contribution in [0.1, 0.15) is 335 Å². The molecule has 0 saturated heterocycles. The number of carbonyl (C=O) groups is 3. The minimum absolute atomic E-state index is 0.0709. The summed E-state index contributed by atoms with van der Waals surface area (Å²) in [5, 5.41) is 0. The molecule has 0 aromatic carbocycles. The van der Waals surface area contributed by atoms with Gasteiger partial charge in [-0.2, -0.15) is 0 Å². The molecule has 0 aromatic rings.